The predicted molar refractivity (Wildman–Crippen MR) is 97.0 cm³/mol. The van der Waals surface area contributed by atoms with Crippen LogP contribution in [0.3, 0.4) is 0 Å². The molecule has 2 heterocycles. The van der Waals surface area contributed by atoms with E-state index < -0.39 is 0 Å². The van der Waals surface area contributed by atoms with Gasteiger partial charge in [0, 0.05) is 36.1 Å². The number of hydrogen-bond donors (Lipinski definition) is 1. The Morgan fingerprint density at radius 1 is 1.42 bits per heavy atom. The first kappa shape index (κ1) is 17.3. The van der Waals surface area contributed by atoms with E-state index in [1.807, 2.05) is 18.4 Å². The van der Waals surface area contributed by atoms with Crippen LogP contribution < -0.4 is 5.32 Å². The summed E-state index contributed by atoms with van der Waals surface area (Å²) in [7, 11) is 0. The highest BCUT2D eigenvalue weighted by Crippen LogP contribution is 2.27. The van der Waals surface area contributed by atoms with Crippen molar-refractivity contribution in [1.82, 2.24) is 15.2 Å². The molecule has 0 aromatic carbocycles. The normalized spacial score (nSPS) is 19.1. The summed E-state index contributed by atoms with van der Waals surface area (Å²) >= 11 is 1.63. The summed E-state index contributed by atoms with van der Waals surface area (Å²) in [6.45, 7) is 10.3. The highest BCUT2D eigenvalue weighted by Gasteiger charge is 2.29. The van der Waals surface area contributed by atoms with Gasteiger partial charge in [-0.3, -0.25) is 9.69 Å². The molecule has 0 unspecified atom stereocenters. The fraction of sp³-hybridized carbons (Fsp3) is 0.556. The van der Waals surface area contributed by atoms with Crippen LogP contribution in [0.5, 0.6) is 0 Å². The number of amides is 1. The van der Waals surface area contributed by atoms with Gasteiger partial charge in [0.1, 0.15) is 0 Å². The van der Waals surface area contributed by atoms with Crippen molar-refractivity contribution in [1.29, 1.82) is 0 Å². The topological polar surface area (TPSA) is 54.5 Å². The van der Waals surface area contributed by atoms with Crippen molar-refractivity contribution in [2.45, 2.75) is 32.7 Å². The van der Waals surface area contributed by atoms with Gasteiger partial charge in [-0.2, -0.15) is 0 Å². The third-order valence-electron chi connectivity index (χ3n) is 4.63. The minimum Gasteiger partial charge on any atom is -0.379 e. The standard InChI is InChI=1S/C18H25N3O2S/c1-13-20-16(11-24-13)14-4-5-15(10-14)17(22)19-12-18(2,3)21-6-8-23-9-7-21/h4,10-11H,5-9,12H2,1-3H3,(H,19,22). The molecule has 1 aromatic heterocycles. The Bertz CT molecular complexity index is 670. The zero-order valence-electron chi connectivity index (χ0n) is 14.6. The van der Waals surface area contributed by atoms with Crippen LogP contribution >= 0.6 is 11.3 Å². The van der Waals surface area contributed by atoms with Gasteiger partial charge in [0.2, 0.25) is 5.91 Å². The van der Waals surface area contributed by atoms with Crippen LogP contribution in [0.1, 0.15) is 31.0 Å². The largest absolute Gasteiger partial charge is 0.379 e. The second-order valence-corrected chi connectivity index (χ2v) is 7.94. The second-order valence-electron chi connectivity index (χ2n) is 6.88. The van der Waals surface area contributed by atoms with Crippen LogP contribution in [-0.2, 0) is 9.53 Å². The van der Waals surface area contributed by atoms with Gasteiger partial charge in [0.05, 0.1) is 23.9 Å². The van der Waals surface area contributed by atoms with E-state index in [9.17, 15) is 4.79 Å². The number of hydrogen-bond acceptors (Lipinski definition) is 5. The molecule has 0 saturated carbocycles. The number of nitrogens with zero attached hydrogens (tertiary/aromatic N) is 2. The van der Waals surface area contributed by atoms with E-state index >= 15 is 0 Å². The summed E-state index contributed by atoms with van der Waals surface area (Å²) in [6, 6.07) is 0. The van der Waals surface area contributed by atoms with E-state index in [1.54, 1.807) is 11.3 Å². The Labute approximate surface area is 147 Å². The molecule has 0 bridgehead atoms. The number of rotatable bonds is 5. The third kappa shape index (κ3) is 3.94. The molecule has 6 heteroatoms. The highest BCUT2D eigenvalue weighted by molar-refractivity contribution is 7.09. The number of thiazole rings is 1. The number of allylic oxidation sites excluding steroid dienone is 3. The van der Waals surface area contributed by atoms with E-state index in [1.165, 1.54) is 0 Å². The molecule has 1 aliphatic carbocycles. The average molecular weight is 347 g/mol. The Kier molecular flexibility index (Phi) is 5.18. The first-order valence-electron chi connectivity index (χ1n) is 8.40. The quantitative estimate of drug-likeness (QED) is 0.889. The van der Waals surface area contributed by atoms with Crippen LogP contribution in [0.15, 0.2) is 23.1 Å². The molecule has 0 spiro atoms. The first-order chi connectivity index (χ1) is 11.5. The SMILES string of the molecule is Cc1nc(C2=CCC(C(=O)NCC(C)(C)N3CCOCC3)=C2)cs1. The molecule has 1 aromatic rings. The van der Waals surface area contributed by atoms with Gasteiger partial charge in [-0.05, 0) is 38.8 Å². The van der Waals surface area contributed by atoms with Crippen molar-refractivity contribution < 1.29 is 9.53 Å². The minimum atomic E-state index is -0.0686. The number of aromatic nitrogens is 1. The summed E-state index contributed by atoms with van der Waals surface area (Å²) < 4.78 is 5.41. The Balaban J connectivity index is 1.56. The van der Waals surface area contributed by atoms with E-state index in [0.29, 0.717) is 13.0 Å². The van der Waals surface area contributed by atoms with Gasteiger partial charge in [-0.1, -0.05) is 6.08 Å². The average Bonchev–Trinajstić information content (AvgIpc) is 3.22. The molecule has 130 valence electrons. The van der Waals surface area contributed by atoms with Crippen LogP contribution in [0.4, 0.5) is 0 Å². The molecule has 1 amide bonds. The lowest BCUT2D eigenvalue weighted by atomic mass is 10.0. The highest BCUT2D eigenvalue weighted by atomic mass is 32.1. The van der Waals surface area contributed by atoms with Gasteiger partial charge in [0.15, 0.2) is 0 Å². The Morgan fingerprint density at radius 2 is 2.17 bits per heavy atom. The predicted octanol–water partition coefficient (Wildman–Crippen LogP) is 2.39. The lowest BCUT2D eigenvalue weighted by Gasteiger charge is -2.40. The molecule has 2 aliphatic rings. The smallest absolute Gasteiger partial charge is 0.247 e. The van der Waals surface area contributed by atoms with Crippen LogP contribution in [0.25, 0.3) is 5.57 Å². The van der Waals surface area contributed by atoms with Crippen molar-refractivity contribution in [2.75, 3.05) is 32.8 Å². The molecule has 3 rings (SSSR count). The molecule has 1 aliphatic heterocycles. The number of carbonyl (C=O) groups excluding carboxylic acids is 1. The fourth-order valence-corrected chi connectivity index (χ4v) is 3.67. The zero-order valence-corrected chi connectivity index (χ0v) is 15.4. The zero-order chi connectivity index (χ0) is 17.2. The van der Waals surface area contributed by atoms with E-state index in [4.69, 9.17) is 4.74 Å². The molecule has 5 nitrogen and oxygen atoms in total. The van der Waals surface area contributed by atoms with Crippen LogP contribution in [0, 0.1) is 6.92 Å². The van der Waals surface area contributed by atoms with Crippen LogP contribution in [0.2, 0.25) is 0 Å². The first-order valence-corrected chi connectivity index (χ1v) is 9.28. The Morgan fingerprint density at radius 3 is 2.83 bits per heavy atom. The van der Waals surface area contributed by atoms with Gasteiger partial charge in [0.25, 0.3) is 0 Å². The summed E-state index contributed by atoms with van der Waals surface area (Å²) in [6.07, 6.45) is 4.72. The number of aryl methyl sites for hydroxylation is 1. The van der Waals surface area contributed by atoms with Crippen molar-refractivity contribution >= 4 is 22.8 Å². The molecular weight excluding hydrogens is 322 g/mol. The van der Waals surface area contributed by atoms with Gasteiger partial charge in [-0.15, -0.1) is 11.3 Å². The van der Waals surface area contributed by atoms with Crippen LogP contribution in [-0.4, -0.2) is 54.2 Å². The maximum absolute atomic E-state index is 12.5. The summed E-state index contributed by atoms with van der Waals surface area (Å²) in [5.41, 5.74) is 2.76. The van der Waals surface area contributed by atoms with E-state index in [0.717, 1.165) is 48.2 Å². The number of carbonyl (C=O) groups is 1. The van der Waals surface area contributed by atoms with Crippen molar-refractivity contribution in [3.05, 3.63) is 33.8 Å². The second kappa shape index (κ2) is 7.17. The summed E-state index contributed by atoms with van der Waals surface area (Å²) in [5.74, 6) is 0.0227. The number of ether oxygens (including phenoxy) is 1. The molecular formula is C18H25N3O2S. The minimum absolute atomic E-state index is 0.0227. The number of morpholine rings is 1. The van der Waals surface area contributed by atoms with Crippen molar-refractivity contribution in [3.8, 4) is 0 Å². The van der Waals surface area contributed by atoms with E-state index in [-0.39, 0.29) is 11.4 Å². The van der Waals surface area contributed by atoms with Gasteiger partial charge >= 0.3 is 0 Å². The lowest BCUT2D eigenvalue weighted by molar-refractivity contribution is -0.118. The monoisotopic (exact) mass is 347 g/mol. The molecule has 0 radical (unpaired) electrons. The molecule has 1 fully saturated rings. The van der Waals surface area contributed by atoms with Gasteiger partial charge < -0.3 is 10.1 Å². The maximum atomic E-state index is 12.5. The molecule has 0 atom stereocenters. The molecule has 1 N–H and O–H groups in total. The fourth-order valence-electron chi connectivity index (χ4n) is 3.05. The maximum Gasteiger partial charge on any atom is 0.247 e. The summed E-state index contributed by atoms with van der Waals surface area (Å²) in [4.78, 5) is 19.3. The lowest BCUT2D eigenvalue weighted by Crippen LogP contribution is -2.55. The van der Waals surface area contributed by atoms with Gasteiger partial charge in [-0.25, -0.2) is 4.98 Å². The number of nitrogens with one attached hydrogen (secondary N) is 1. The van der Waals surface area contributed by atoms with E-state index in [2.05, 4.69) is 35.1 Å². The van der Waals surface area contributed by atoms with Crippen molar-refractivity contribution in [2.24, 2.45) is 0 Å². The molecule has 24 heavy (non-hydrogen) atoms. The summed E-state index contributed by atoms with van der Waals surface area (Å²) in [5, 5.41) is 6.19. The Hall–Kier alpha value is -1.50. The third-order valence-corrected chi connectivity index (χ3v) is 5.40. The molecule has 1 saturated heterocycles. The van der Waals surface area contributed by atoms with Crippen molar-refractivity contribution in [3.63, 3.8) is 0 Å².